The summed E-state index contributed by atoms with van der Waals surface area (Å²) in [5.41, 5.74) is 11.7. The quantitative estimate of drug-likeness (QED) is 0.152. The van der Waals surface area contributed by atoms with Crippen LogP contribution in [0.25, 0.3) is 11.1 Å². The fourth-order valence-corrected chi connectivity index (χ4v) is 10.1. The summed E-state index contributed by atoms with van der Waals surface area (Å²) in [5.74, 6) is 2.65. The van der Waals surface area contributed by atoms with Crippen molar-refractivity contribution in [2.45, 2.75) is 248 Å². The van der Waals surface area contributed by atoms with Crippen LogP contribution in [0.3, 0.4) is 0 Å². The first-order valence-electron chi connectivity index (χ1n) is 25.6. The van der Waals surface area contributed by atoms with E-state index in [4.69, 9.17) is 13.6 Å². The van der Waals surface area contributed by atoms with Gasteiger partial charge in [-0.3, -0.25) is 0 Å². The Balaban J connectivity index is 2.03. The van der Waals surface area contributed by atoms with E-state index < -0.39 is 8.60 Å². The smallest absolute Gasteiger partial charge is 0.507 e. The van der Waals surface area contributed by atoms with E-state index in [9.17, 15) is 5.11 Å². The molecule has 0 unspecified atom stereocenters. The van der Waals surface area contributed by atoms with Gasteiger partial charge < -0.3 is 18.7 Å². The van der Waals surface area contributed by atoms with Crippen LogP contribution in [0.4, 0.5) is 0 Å². The van der Waals surface area contributed by atoms with Gasteiger partial charge in [0, 0.05) is 50.4 Å². The van der Waals surface area contributed by atoms with E-state index in [-0.39, 0.29) is 49.2 Å². The van der Waals surface area contributed by atoms with Gasteiger partial charge in [-0.2, -0.15) is 0 Å². The van der Waals surface area contributed by atoms with E-state index in [0.29, 0.717) is 11.5 Å². The van der Waals surface area contributed by atoms with Gasteiger partial charge in [0.2, 0.25) is 0 Å². The molecular formula is C62H93O4P. The predicted octanol–water partition coefficient (Wildman–Crippen LogP) is 19.2. The Morgan fingerprint density at radius 3 is 1.13 bits per heavy atom. The Hall–Kier alpha value is -3.49. The lowest BCUT2D eigenvalue weighted by Crippen LogP contribution is -2.24. The van der Waals surface area contributed by atoms with Gasteiger partial charge in [0.1, 0.15) is 23.0 Å². The largest absolute Gasteiger partial charge is 0.530 e. The lowest BCUT2D eigenvalue weighted by atomic mass is 9.72. The van der Waals surface area contributed by atoms with Crippen LogP contribution in [-0.2, 0) is 43.3 Å². The zero-order chi connectivity index (χ0) is 51.0. The summed E-state index contributed by atoms with van der Waals surface area (Å²) < 4.78 is 22.8. The molecule has 0 bridgehead atoms. The number of hydrogen-bond acceptors (Lipinski definition) is 4. The minimum Gasteiger partial charge on any atom is -0.507 e. The molecule has 0 fully saturated rings. The highest BCUT2D eigenvalue weighted by molar-refractivity contribution is 7.43. The molecule has 0 saturated carbocycles. The van der Waals surface area contributed by atoms with E-state index in [1.807, 2.05) is 0 Å². The van der Waals surface area contributed by atoms with Gasteiger partial charge in [0.15, 0.2) is 0 Å². The summed E-state index contributed by atoms with van der Waals surface area (Å²) in [4.78, 5) is 0. The average Bonchev–Trinajstić information content (AvgIpc) is 3.21. The van der Waals surface area contributed by atoms with Crippen LogP contribution in [0.5, 0.6) is 23.0 Å². The Kier molecular flexibility index (Phi) is 14.9. The van der Waals surface area contributed by atoms with Crippen LogP contribution >= 0.6 is 8.60 Å². The molecule has 0 amide bonds. The van der Waals surface area contributed by atoms with Crippen molar-refractivity contribution in [1.29, 1.82) is 0 Å². The Morgan fingerprint density at radius 1 is 0.433 bits per heavy atom. The molecule has 1 aliphatic heterocycles. The number of benzene rings is 4. The van der Waals surface area contributed by atoms with E-state index in [0.717, 1.165) is 81.7 Å². The molecule has 5 rings (SSSR count). The normalized spacial score (nSPS) is 16.7. The second kappa shape index (κ2) is 18.4. The Bertz CT molecular complexity index is 2370. The summed E-state index contributed by atoms with van der Waals surface area (Å²) >= 11 is 0. The number of phenols is 1. The maximum absolute atomic E-state index is 12.9. The number of fused-ring (bicyclic) bond motifs is 2. The second-order valence-electron chi connectivity index (χ2n) is 26.9. The van der Waals surface area contributed by atoms with E-state index in [1.165, 1.54) is 22.3 Å². The molecule has 67 heavy (non-hydrogen) atoms. The van der Waals surface area contributed by atoms with Crippen LogP contribution in [0.15, 0.2) is 48.5 Å². The molecule has 1 N–H and O–H groups in total. The van der Waals surface area contributed by atoms with Crippen molar-refractivity contribution < 1.29 is 18.7 Å². The fourth-order valence-electron chi connectivity index (χ4n) is 8.93. The molecule has 0 spiro atoms. The molecule has 370 valence electrons. The minimum absolute atomic E-state index is 0.0448. The van der Waals surface area contributed by atoms with Gasteiger partial charge in [0.25, 0.3) is 0 Å². The summed E-state index contributed by atoms with van der Waals surface area (Å²) in [6, 6.07) is 18.7. The first kappa shape index (κ1) is 54.5. The molecule has 4 aromatic rings. The first-order valence-corrected chi connectivity index (χ1v) is 26.7. The molecule has 5 heteroatoms. The van der Waals surface area contributed by atoms with Crippen LogP contribution in [0.1, 0.15) is 260 Å². The standard InChI is InChI=1S/C62H93O4P/c1-26-59(18,19)41-32-45(51(63)47(36-41)61(22,23)28-3)46-33-42(60(20,21)27-2)37-50(62(24,25)29-4)54(46)66-67-64-52-43(30-39(55(6,7)8)34-48(52)57(12,13)14)38(5)44-31-40(56(9,10)11)35-49(53(44)65-67)58(15,16)17/h30-38,63H,26-29H2,1-25H3. The highest BCUT2D eigenvalue weighted by Gasteiger charge is 2.41. The molecule has 0 atom stereocenters. The number of rotatable bonds is 11. The van der Waals surface area contributed by atoms with Crippen LogP contribution in [0, 0.1) is 0 Å². The average molecular weight is 933 g/mol. The lowest BCUT2D eigenvalue weighted by molar-refractivity contribution is 0.360. The van der Waals surface area contributed by atoms with Crippen molar-refractivity contribution in [2.75, 3.05) is 0 Å². The monoisotopic (exact) mass is 933 g/mol. The topological polar surface area (TPSA) is 47.9 Å². The summed E-state index contributed by atoms with van der Waals surface area (Å²) in [6.07, 6.45) is 3.65. The highest BCUT2D eigenvalue weighted by atomic mass is 31.2. The van der Waals surface area contributed by atoms with Gasteiger partial charge in [-0.15, -0.1) is 0 Å². The first-order chi connectivity index (χ1) is 30.4. The van der Waals surface area contributed by atoms with E-state index in [1.54, 1.807) is 0 Å². The number of hydrogen-bond donors (Lipinski definition) is 1. The van der Waals surface area contributed by atoms with E-state index >= 15 is 0 Å². The molecule has 1 aliphatic rings. The van der Waals surface area contributed by atoms with Crippen molar-refractivity contribution in [2.24, 2.45) is 0 Å². The van der Waals surface area contributed by atoms with Crippen LogP contribution < -0.4 is 13.6 Å². The van der Waals surface area contributed by atoms with Crippen molar-refractivity contribution in [3.05, 3.63) is 104 Å². The van der Waals surface area contributed by atoms with Gasteiger partial charge in [-0.25, -0.2) is 0 Å². The third-order valence-corrected chi connectivity index (χ3v) is 17.1. The number of phenolic OH excluding ortho intramolecular Hbond substituents is 1. The molecule has 0 aliphatic carbocycles. The lowest BCUT2D eigenvalue weighted by Gasteiger charge is -2.37. The fraction of sp³-hybridized carbons (Fsp3) is 0.613. The Morgan fingerprint density at radius 2 is 0.776 bits per heavy atom. The summed E-state index contributed by atoms with van der Waals surface area (Å²) in [7, 11) is -2.16. The second-order valence-corrected chi connectivity index (χ2v) is 27.9. The molecular weight excluding hydrogens is 840 g/mol. The van der Waals surface area contributed by atoms with E-state index in [2.05, 4.69) is 222 Å². The van der Waals surface area contributed by atoms with Crippen molar-refractivity contribution in [1.82, 2.24) is 0 Å². The molecule has 0 aromatic heterocycles. The minimum atomic E-state index is -2.16. The summed E-state index contributed by atoms with van der Waals surface area (Å²) in [5, 5.41) is 12.9. The van der Waals surface area contributed by atoms with Crippen LogP contribution in [0.2, 0.25) is 0 Å². The molecule has 0 saturated heterocycles. The number of aromatic hydroxyl groups is 1. The molecule has 4 aromatic carbocycles. The van der Waals surface area contributed by atoms with Gasteiger partial charge >= 0.3 is 8.60 Å². The Labute approximate surface area is 411 Å². The van der Waals surface area contributed by atoms with Gasteiger partial charge in [-0.1, -0.05) is 209 Å². The van der Waals surface area contributed by atoms with Crippen molar-refractivity contribution in [3.63, 3.8) is 0 Å². The maximum Gasteiger partial charge on any atom is 0.530 e. The predicted molar refractivity (Wildman–Crippen MR) is 291 cm³/mol. The van der Waals surface area contributed by atoms with Crippen molar-refractivity contribution >= 4 is 8.60 Å². The SMILES string of the molecule is CCC(C)(C)c1cc(-c2cc(C(C)(C)CC)cc(C(C)(C)CC)c2OP2Oc3c(cc(C(C)(C)C)cc3C(C)(C)C)C(C)c3cc(C(C)(C)C)cc(C(C)(C)C)c3O2)c(O)c(C(C)(C)CC)c1. The third-order valence-electron chi connectivity index (χ3n) is 16.1. The summed E-state index contributed by atoms with van der Waals surface area (Å²) in [6.45, 7) is 57.3. The maximum atomic E-state index is 12.9. The highest BCUT2D eigenvalue weighted by Crippen LogP contribution is 2.59. The zero-order valence-corrected chi connectivity index (χ0v) is 48.0. The van der Waals surface area contributed by atoms with Gasteiger partial charge in [-0.05, 0) is 103 Å². The van der Waals surface area contributed by atoms with Gasteiger partial charge in [0.05, 0.1) is 0 Å². The third kappa shape index (κ3) is 11.0. The molecule has 4 nitrogen and oxygen atoms in total. The zero-order valence-electron chi connectivity index (χ0n) is 47.1. The van der Waals surface area contributed by atoms with Crippen LogP contribution in [-0.4, -0.2) is 5.11 Å². The molecule has 0 radical (unpaired) electrons. The molecule has 1 heterocycles. The van der Waals surface area contributed by atoms with Crippen molar-refractivity contribution in [3.8, 4) is 34.1 Å².